The van der Waals surface area contributed by atoms with Crippen LogP contribution in [0, 0.1) is 0 Å². The lowest BCUT2D eigenvalue weighted by Gasteiger charge is -2.18. The van der Waals surface area contributed by atoms with Gasteiger partial charge >= 0.3 is 0 Å². The average Bonchev–Trinajstić information content (AvgIpc) is 3.51. The Balaban J connectivity index is 1.32. The van der Waals surface area contributed by atoms with E-state index in [4.69, 9.17) is 4.98 Å². The zero-order chi connectivity index (χ0) is 31.0. The van der Waals surface area contributed by atoms with Gasteiger partial charge in [-0.1, -0.05) is 140 Å². The van der Waals surface area contributed by atoms with Crippen LogP contribution in [0.15, 0.2) is 158 Å². The van der Waals surface area contributed by atoms with E-state index in [0.717, 1.165) is 33.7 Å². The first kappa shape index (κ1) is 27.6. The fourth-order valence-corrected chi connectivity index (χ4v) is 6.79. The lowest BCUT2D eigenvalue weighted by atomic mass is 9.86. The van der Waals surface area contributed by atoms with Gasteiger partial charge < -0.3 is 0 Å². The molecule has 46 heavy (non-hydrogen) atoms. The van der Waals surface area contributed by atoms with Crippen LogP contribution in [0.25, 0.3) is 78.5 Å². The predicted molar refractivity (Wildman–Crippen MR) is 196 cm³/mol. The quantitative estimate of drug-likeness (QED) is 0.183. The maximum absolute atomic E-state index is 5.09. The molecule has 0 amide bonds. The van der Waals surface area contributed by atoms with Crippen molar-refractivity contribution in [1.29, 1.82) is 0 Å². The van der Waals surface area contributed by atoms with Crippen LogP contribution in [0.1, 0.15) is 12.5 Å². The summed E-state index contributed by atoms with van der Waals surface area (Å²) >= 11 is 0. The molecule has 0 aliphatic rings. The lowest BCUT2D eigenvalue weighted by Crippen LogP contribution is -2.23. The zero-order valence-electron chi connectivity index (χ0n) is 25.7. The maximum Gasteiger partial charge on any atom is 0.145 e. The highest BCUT2D eigenvalue weighted by molar-refractivity contribution is 6.20. The van der Waals surface area contributed by atoms with E-state index in [1.807, 2.05) is 12.1 Å². The first-order valence-electron chi connectivity index (χ1n) is 15.7. The molecular weight excluding hydrogens is 556 g/mol. The number of hydrogen-bond donors (Lipinski definition) is 0. The van der Waals surface area contributed by atoms with E-state index in [1.54, 1.807) is 0 Å². The Morgan fingerprint density at radius 3 is 1.78 bits per heavy atom. The van der Waals surface area contributed by atoms with Crippen LogP contribution < -0.4 is 10.4 Å². The molecule has 7 aromatic carbocycles. The van der Waals surface area contributed by atoms with Gasteiger partial charge in [-0.3, -0.25) is 4.57 Å². The summed E-state index contributed by atoms with van der Waals surface area (Å²) in [7, 11) is 0. The van der Waals surface area contributed by atoms with Crippen molar-refractivity contribution in [1.82, 2.24) is 9.55 Å². The second kappa shape index (κ2) is 11.5. The van der Waals surface area contributed by atoms with E-state index in [2.05, 4.69) is 170 Å². The van der Waals surface area contributed by atoms with Crippen molar-refractivity contribution < 1.29 is 0 Å². The number of fused-ring (bicyclic) bond motifs is 3. The largest absolute Gasteiger partial charge is 0.292 e. The molecule has 0 atom stereocenters. The molecule has 8 aromatic rings. The minimum Gasteiger partial charge on any atom is -0.292 e. The van der Waals surface area contributed by atoms with Gasteiger partial charge in [-0.15, -0.1) is 0 Å². The van der Waals surface area contributed by atoms with Crippen molar-refractivity contribution in [2.24, 2.45) is 0 Å². The van der Waals surface area contributed by atoms with Crippen molar-refractivity contribution in [2.75, 3.05) is 0 Å². The molecule has 0 aliphatic heterocycles. The number of allylic oxidation sites excluding steroid dienone is 1. The molecule has 0 saturated carbocycles. The molecule has 218 valence electrons. The highest BCUT2D eigenvalue weighted by atomic mass is 15.1. The molecule has 0 radical (unpaired) electrons. The minimum atomic E-state index is 0.931. The lowest BCUT2D eigenvalue weighted by molar-refractivity contribution is 1.10. The van der Waals surface area contributed by atoms with E-state index in [1.165, 1.54) is 48.7 Å². The van der Waals surface area contributed by atoms with Crippen molar-refractivity contribution in [3.05, 3.63) is 174 Å². The molecule has 1 heterocycles. The Hall–Kier alpha value is -5.99. The van der Waals surface area contributed by atoms with Crippen LogP contribution in [0.4, 0.5) is 0 Å². The Bertz CT molecular complexity index is 2480. The van der Waals surface area contributed by atoms with Crippen molar-refractivity contribution in [2.45, 2.75) is 6.92 Å². The van der Waals surface area contributed by atoms with Gasteiger partial charge in [0.25, 0.3) is 0 Å². The highest BCUT2D eigenvalue weighted by Crippen LogP contribution is 2.42. The molecule has 0 aliphatic carbocycles. The van der Waals surface area contributed by atoms with Crippen LogP contribution in [-0.4, -0.2) is 9.55 Å². The number of imidazole rings is 1. The standard InChI is InChI=1S/C44H32N2/c1-3-31-15-7-8-16-34(31)29-30(2)42-36-19-9-11-21-38(36)43(39-22-12-10-20-37(39)42)32-25-27-33(28-26-32)44-45-40-23-13-14-24-41(40)46(44)35-17-5-4-6-18-35/h3-29H,2H2,1H3/b31-3-,34-29-. The van der Waals surface area contributed by atoms with Crippen LogP contribution in [0.5, 0.6) is 0 Å². The molecular formula is C44H32N2. The van der Waals surface area contributed by atoms with Gasteiger partial charge in [0.2, 0.25) is 0 Å². The normalized spacial score (nSPS) is 12.4. The maximum atomic E-state index is 5.09. The van der Waals surface area contributed by atoms with E-state index >= 15 is 0 Å². The minimum absolute atomic E-state index is 0.931. The summed E-state index contributed by atoms with van der Waals surface area (Å²) < 4.78 is 2.25. The highest BCUT2D eigenvalue weighted by Gasteiger charge is 2.18. The molecule has 0 N–H and O–H groups in total. The van der Waals surface area contributed by atoms with Gasteiger partial charge in [0.1, 0.15) is 5.82 Å². The van der Waals surface area contributed by atoms with Crippen LogP contribution in [-0.2, 0) is 0 Å². The van der Waals surface area contributed by atoms with Crippen molar-refractivity contribution >= 4 is 50.3 Å². The monoisotopic (exact) mass is 588 g/mol. The molecule has 2 heteroatoms. The molecule has 0 spiro atoms. The van der Waals surface area contributed by atoms with Gasteiger partial charge in [-0.25, -0.2) is 4.98 Å². The van der Waals surface area contributed by atoms with E-state index in [0.29, 0.717) is 0 Å². The third-order valence-corrected chi connectivity index (χ3v) is 8.90. The van der Waals surface area contributed by atoms with E-state index in [9.17, 15) is 0 Å². The fraction of sp³-hybridized carbons (Fsp3) is 0.0227. The smallest absolute Gasteiger partial charge is 0.145 e. The first-order chi connectivity index (χ1) is 22.7. The number of aromatic nitrogens is 2. The third-order valence-electron chi connectivity index (χ3n) is 8.90. The van der Waals surface area contributed by atoms with Crippen LogP contribution in [0.2, 0.25) is 0 Å². The van der Waals surface area contributed by atoms with E-state index < -0.39 is 0 Å². The number of para-hydroxylation sites is 3. The summed E-state index contributed by atoms with van der Waals surface area (Å²) in [4.78, 5) is 5.09. The number of rotatable bonds is 5. The number of benzene rings is 7. The second-order valence-corrected chi connectivity index (χ2v) is 11.6. The summed E-state index contributed by atoms with van der Waals surface area (Å²) in [6.45, 7) is 6.70. The molecule has 0 unspecified atom stereocenters. The van der Waals surface area contributed by atoms with Crippen LogP contribution in [0.3, 0.4) is 0 Å². The molecule has 8 rings (SSSR count). The van der Waals surface area contributed by atoms with Gasteiger partial charge in [0.15, 0.2) is 0 Å². The van der Waals surface area contributed by atoms with Gasteiger partial charge in [0, 0.05) is 11.3 Å². The summed E-state index contributed by atoms with van der Waals surface area (Å²) in [5, 5.41) is 7.20. The Morgan fingerprint density at radius 2 is 1.11 bits per heavy atom. The SMILES string of the molecule is C=C(/C=c1/cccc/c1=C/C)c1c2ccccc2c(-c2ccc(-c3nc4ccccc4n3-c3ccccc3)cc2)c2ccccc12. The molecule has 0 bridgehead atoms. The predicted octanol–water partition coefficient (Wildman–Crippen LogP) is 9.96. The molecule has 2 nitrogen and oxygen atoms in total. The topological polar surface area (TPSA) is 17.8 Å². The Kier molecular flexibility index (Phi) is 6.89. The number of nitrogens with zero attached hydrogens (tertiary/aromatic N) is 2. The third kappa shape index (κ3) is 4.63. The summed E-state index contributed by atoms with van der Waals surface area (Å²) in [5.74, 6) is 0.931. The molecule has 1 aromatic heterocycles. The van der Waals surface area contributed by atoms with Crippen molar-refractivity contribution in [3.63, 3.8) is 0 Å². The van der Waals surface area contributed by atoms with Gasteiger partial charge in [0.05, 0.1) is 11.0 Å². The number of hydrogen-bond acceptors (Lipinski definition) is 1. The molecule has 0 saturated heterocycles. The summed E-state index contributed by atoms with van der Waals surface area (Å²) in [6, 6.07) is 53.6. The fourth-order valence-electron chi connectivity index (χ4n) is 6.79. The van der Waals surface area contributed by atoms with Gasteiger partial charge in [-0.05, 0) is 91.5 Å². The van der Waals surface area contributed by atoms with E-state index in [-0.39, 0.29) is 0 Å². The van der Waals surface area contributed by atoms with Gasteiger partial charge in [-0.2, -0.15) is 0 Å². The summed E-state index contributed by atoms with van der Waals surface area (Å²) in [5.41, 5.74) is 8.82. The first-order valence-corrected chi connectivity index (χ1v) is 15.7. The van der Waals surface area contributed by atoms with Crippen molar-refractivity contribution in [3.8, 4) is 28.2 Å². The summed E-state index contributed by atoms with van der Waals surface area (Å²) in [6.07, 6.45) is 4.37. The Labute approximate surface area is 268 Å². The average molecular weight is 589 g/mol. The van der Waals surface area contributed by atoms with Crippen LogP contribution >= 0.6 is 0 Å². The second-order valence-electron chi connectivity index (χ2n) is 11.6. The zero-order valence-corrected chi connectivity index (χ0v) is 25.7. The molecule has 0 fully saturated rings. The Morgan fingerprint density at radius 1 is 0.565 bits per heavy atom.